The number of carbonyl (C=O) groups excluding carboxylic acids is 2. The fraction of sp³-hybridized carbons (Fsp3) is 0.484. The van der Waals surface area contributed by atoms with Crippen molar-refractivity contribution < 1.29 is 27.5 Å². The zero-order valence-corrected chi connectivity index (χ0v) is 24.8. The third kappa shape index (κ3) is 4.70. The van der Waals surface area contributed by atoms with Gasteiger partial charge in [0.2, 0.25) is 0 Å². The Kier molecular flexibility index (Phi) is 6.89. The molecule has 3 aromatic rings. The van der Waals surface area contributed by atoms with E-state index >= 15 is 0 Å². The van der Waals surface area contributed by atoms with Crippen LogP contribution in [0.3, 0.4) is 0 Å². The van der Waals surface area contributed by atoms with Gasteiger partial charge in [0.25, 0.3) is 5.91 Å². The molecule has 1 N–H and O–H groups in total. The van der Waals surface area contributed by atoms with Gasteiger partial charge in [0.15, 0.2) is 0 Å². The van der Waals surface area contributed by atoms with Crippen molar-refractivity contribution in [3.8, 4) is 17.0 Å². The van der Waals surface area contributed by atoms with Gasteiger partial charge < -0.3 is 14.0 Å². The molecule has 0 saturated heterocycles. The maximum Gasteiger partial charge on any atom is 0.306 e. The predicted molar refractivity (Wildman–Crippen MR) is 156 cm³/mol. The molecule has 41 heavy (non-hydrogen) atoms. The van der Waals surface area contributed by atoms with Crippen LogP contribution in [0.1, 0.15) is 78.3 Å². The van der Waals surface area contributed by atoms with Gasteiger partial charge in [0.05, 0.1) is 26.3 Å². The Hall–Kier alpha value is -3.37. The van der Waals surface area contributed by atoms with Crippen molar-refractivity contribution in [1.82, 2.24) is 13.6 Å². The van der Waals surface area contributed by atoms with Gasteiger partial charge >= 0.3 is 16.2 Å². The van der Waals surface area contributed by atoms with Gasteiger partial charge in [-0.25, -0.2) is 4.72 Å². The van der Waals surface area contributed by atoms with Gasteiger partial charge in [-0.1, -0.05) is 25.3 Å². The van der Waals surface area contributed by atoms with E-state index in [9.17, 15) is 18.0 Å². The summed E-state index contributed by atoms with van der Waals surface area (Å²) in [6, 6.07) is 11.7. The second kappa shape index (κ2) is 10.2. The summed E-state index contributed by atoms with van der Waals surface area (Å²) >= 11 is 0. The smallest absolute Gasteiger partial charge is 0.306 e. The Bertz CT molecular complexity index is 1650. The quantitative estimate of drug-likeness (QED) is 0.397. The summed E-state index contributed by atoms with van der Waals surface area (Å²) in [5, 5.41) is 1.08. The second-order valence-corrected chi connectivity index (χ2v) is 13.8. The summed E-state index contributed by atoms with van der Waals surface area (Å²) in [5.74, 6) is 0.420. The number of methoxy groups -OCH3 is 2. The lowest BCUT2D eigenvalue weighted by atomic mass is 9.81. The van der Waals surface area contributed by atoms with Crippen LogP contribution in [0.5, 0.6) is 5.75 Å². The van der Waals surface area contributed by atoms with Crippen LogP contribution in [0, 0.1) is 5.41 Å². The van der Waals surface area contributed by atoms with Gasteiger partial charge in [-0.05, 0) is 72.6 Å². The summed E-state index contributed by atoms with van der Waals surface area (Å²) in [6.07, 6.45) is 6.90. The van der Waals surface area contributed by atoms with E-state index in [1.165, 1.54) is 51.6 Å². The van der Waals surface area contributed by atoms with Crippen LogP contribution >= 0.6 is 0 Å². The summed E-state index contributed by atoms with van der Waals surface area (Å²) in [7, 11) is 1.90. The first kappa shape index (κ1) is 27.8. The molecule has 2 saturated carbocycles. The fourth-order valence-corrected chi connectivity index (χ4v) is 7.64. The number of hydrogen-bond donors (Lipinski definition) is 1. The first-order valence-electron chi connectivity index (χ1n) is 14.2. The molecule has 3 aliphatic rings. The summed E-state index contributed by atoms with van der Waals surface area (Å²) in [6.45, 7) is 0.601. The van der Waals surface area contributed by atoms with Crippen molar-refractivity contribution in [2.75, 3.05) is 28.3 Å². The van der Waals surface area contributed by atoms with Crippen LogP contribution < -0.4 is 9.46 Å². The summed E-state index contributed by atoms with van der Waals surface area (Å²) in [5.41, 5.74) is 5.58. The van der Waals surface area contributed by atoms with Crippen LogP contribution in [0.4, 0.5) is 0 Å². The summed E-state index contributed by atoms with van der Waals surface area (Å²) in [4.78, 5) is 25.8. The Labute approximate surface area is 241 Å². The molecule has 2 heterocycles. The Morgan fingerprint density at radius 1 is 1.07 bits per heavy atom. The molecule has 2 unspecified atom stereocenters. The molecular formula is C31H37N3O6S. The Morgan fingerprint density at radius 3 is 2.51 bits per heavy atom. The van der Waals surface area contributed by atoms with Crippen molar-refractivity contribution in [2.24, 2.45) is 5.41 Å². The topological polar surface area (TPSA) is 107 Å². The van der Waals surface area contributed by atoms with E-state index in [2.05, 4.69) is 21.4 Å². The van der Waals surface area contributed by atoms with Gasteiger partial charge in [0, 0.05) is 48.1 Å². The molecule has 9 nitrogen and oxygen atoms in total. The van der Waals surface area contributed by atoms with Crippen molar-refractivity contribution >= 4 is 33.0 Å². The van der Waals surface area contributed by atoms with E-state index in [4.69, 9.17) is 9.47 Å². The van der Waals surface area contributed by atoms with Gasteiger partial charge in [-0.3, -0.25) is 9.59 Å². The van der Waals surface area contributed by atoms with Crippen LogP contribution in [0.15, 0.2) is 36.4 Å². The zero-order chi connectivity index (χ0) is 29.1. The highest BCUT2D eigenvalue weighted by molar-refractivity contribution is 7.87. The van der Waals surface area contributed by atoms with Crippen LogP contribution in [-0.4, -0.2) is 57.5 Å². The lowest BCUT2D eigenvalue weighted by Gasteiger charge is -2.24. The highest BCUT2D eigenvalue weighted by Gasteiger charge is 2.58. The fourth-order valence-electron chi connectivity index (χ4n) is 7.10. The molecule has 2 aromatic carbocycles. The average Bonchev–Trinajstić information content (AvgIpc) is 3.59. The first-order valence-corrected chi connectivity index (χ1v) is 15.7. The van der Waals surface area contributed by atoms with Crippen molar-refractivity contribution in [2.45, 2.75) is 63.3 Å². The predicted octanol–water partition coefficient (Wildman–Crippen LogP) is 4.95. The lowest BCUT2D eigenvalue weighted by molar-refractivity contribution is -0.142. The molecule has 2 atom stereocenters. The molecule has 1 aliphatic heterocycles. The Balaban J connectivity index is 1.58. The van der Waals surface area contributed by atoms with Crippen LogP contribution in [0.25, 0.3) is 22.2 Å². The maximum absolute atomic E-state index is 13.1. The van der Waals surface area contributed by atoms with Crippen molar-refractivity contribution in [1.29, 1.82) is 0 Å². The number of rotatable bonds is 7. The number of carbonyl (C=O) groups is 2. The van der Waals surface area contributed by atoms with E-state index in [-0.39, 0.29) is 22.9 Å². The highest BCUT2D eigenvalue weighted by atomic mass is 32.2. The third-order valence-electron chi connectivity index (χ3n) is 9.36. The molecule has 0 bridgehead atoms. The average molecular weight is 580 g/mol. The van der Waals surface area contributed by atoms with Gasteiger partial charge in [0.1, 0.15) is 5.75 Å². The number of fused-ring (bicyclic) bond motifs is 7. The highest BCUT2D eigenvalue weighted by Crippen LogP contribution is 2.67. The minimum Gasteiger partial charge on any atom is -0.497 e. The largest absolute Gasteiger partial charge is 0.497 e. The van der Waals surface area contributed by atoms with Gasteiger partial charge in [-0.15, -0.1) is 0 Å². The molecule has 218 valence electrons. The monoisotopic (exact) mass is 579 g/mol. The number of ether oxygens (including phenoxy) is 2. The third-order valence-corrected chi connectivity index (χ3v) is 10.8. The van der Waals surface area contributed by atoms with Crippen molar-refractivity contribution in [3.63, 3.8) is 0 Å². The standard InChI is InChI=1S/C31H37N3O6S/c1-33(2)41(37,38)32-30(36)20-10-12-23-26(14-20)34-18-31(17-27(35)40-4)16-25(31)24-15-21(39-3)11-13-22(24)29(34)28(23)19-8-6-5-7-9-19/h10-15,19,25H,5-9,16-18H2,1-4H3,(H,32,36). The number of nitrogens with one attached hydrogen (secondary N) is 1. The number of benzene rings is 2. The normalized spacial score (nSPS) is 21.9. The number of nitrogens with zero attached hydrogens (tertiary/aromatic N) is 2. The molecule has 0 spiro atoms. The van der Waals surface area contributed by atoms with E-state index in [1.807, 2.05) is 18.2 Å². The van der Waals surface area contributed by atoms with E-state index in [1.54, 1.807) is 13.2 Å². The molecule has 2 fully saturated rings. The minimum absolute atomic E-state index is 0.178. The lowest BCUT2D eigenvalue weighted by Crippen LogP contribution is -2.39. The molecule has 6 rings (SSSR count). The molecule has 1 amide bonds. The zero-order valence-electron chi connectivity index (χ0n) is 24.0. The molecule has 1 aromatic heterocycles. The van der Waals surface area contributed by atoms with Crippen LogP contribution in [0.2, 0.25) is 0 Å². The van der Waals surface area contributed by atoms with Crippen LogP contribution in [-0.2, 0) is 26.3 Å². The molecule has 10 heteroatoms. The van der Waals surface area contributed by atoms with E-state index in [0.29, 0.717) is 18.9 Å². The second-order valence-electron chi connectivity index (χ2n) is 12.0. The van der Waals surface area contributed by atoms with Gasteiger partial charge in [-0.2, -0.15) is 12.7 Å². The number of aromatic nitrogens is 1. The maximum atomic E-state index is 13.1. The number of esters is 1. The van der Waals surface area contributed by atoms with E-state index < -0.39 is 16.1 Å². The SMILES string of the molecule is COC(=O)CC12CC1c1cc(OC)ccc1-c1c(C3CCCCC3)c3ccc(C(=O)NS(=O)(=O)N(C)C)cc3n1C2. The number of hydrogen-bond acceptors (Lipinski definition) is 6. The molecular weight excluding hydrogens is 542 g/mol. The van der Waals surface area contributed by atoms with Crippen molar-refractivity contribution in [3.05, 3.63) is 53.1 Å². The summed E-state index contributed by atoms with van der Waals surface area (Å²) < 4.78 is 41.0. The first-order chi connectivity index (χ1) is 19.6. The van der Waals surface area contributed by atoms with E-state index in [0.717, 1.165) is 51.5 Å². The molecule has 0 radical (unpaired) electrons. The Morgan fingerprint density at radius 2 is 1.83 bits per heavy atom. The minimum atomic E-state index is -3.95. The molecule has 2 aliphatic carbocycles. The number of amides is 1.